The van der Waals surface area contributed by atoms with Gasteiger partial charge in [0.1, 0.15) is 11.6 Å². The highest BCUT2D eigenvalue weighted by molar-refractivity contribution is 5.93. The molecule has 0 aliphatic carbocycles. The monoisotopic (exact) mass is 432 g/mol. The third-order valence-corrected chi connectivity index (χ3v) is 4.82. The number of methoxy groups -OCH3 is 2. The Bertz CT molecular complexity index is 1290. The van der Waals surface area contributed by atoms with E-state index in [1.807, 2.05) is 0 Å². The molecular weight excluding hydrogens is 413 g/mol. The van der Waals surface area contributed by atoms with Crippen LogP contribution in [0.25, 0.3) is 16.7 Å². The van der Waals surface area contributed by atoms with Crippen molar-refractivity contribution in [1.82, 2.24) is 19.6 Å². The molecule has 8 nitrogen and oxygen atoms in total. The van der Waals surface area contributed by atoms with Crippen molar-refractivity contribution in [2.45, 2.75) is 19.6 Å². The van der Waals surface area contributed by atoms with Crippen LogP contribution in [0.2, 0.25) is 0 Å². The van der Waals surface area contributed by atoms with E-state index in [1.165, 1.54) is 20.3 Å². The molecule has 0 atom stereocenters. The first-order valence-corrected chi connectivity index (χ1v) is 9.19. The van der Waals surface area contributed by atoms with Gasteiger partial charge in [0.25, 0.3) is 5.78 Å². The van der Waals surface area contributed by atoms with Gasteiger partial charge in [0.15, 0.2) is 11.5 Å². The van der Waals surface area contributed by atoms with Crippen LogP contribution >= 0.6 is 0 Å². The van der Waals surface area contributed by atoms with Crippen molar-refractivity contribution >= 4 is 28.2 Å². The van der Waals surface area contributed by atoms with E-state index in [-0.39, 0.29) is 12.2 Å². The van der Waals surface area contributed by atoms with Crippen LogP contribution < -0.4 is 20.5 Å². The molecule has 0 spiro atoms. The van der Waals surface area contributed by atoms with Gasteiger partial charge in [0.05, 0.1) is 25.3 Å². The number of nitrogens with one attached hydrogen (secondary N) is 1. The van der Waals surface area contributed by atoms with Gasteiger partial charge in [-0.15, -0.1) is 10.2 Å². The lowest BCUT2D eigenvalue weighted by Gasteiger charge is -2.15. The van der Waals surface area contributed by atoms with Crippen molar-refractivity contribution < 1.29 is 22.6 Å². The Labute approximate surface area is 174 Å². The molecule has 0 saturated heterocycles. The van der Waals surface area contributed by atoms with Gasteiger partial charge in [-0.3, -0.25) is 4.40 Å². The van der Waals surface area contributed by atoms with Crippen molar-refractivity contribution in [1.29, 1.82) is 0 Å². The van der Waals surface area contributed by atoms with Crippen molar-refractivity contribution in [2.24, 2.45) is 0 Å². The summed E-state index contributed by atoms with van der Waals surface area (Å²) in [6, 6.07) is 6.94. The van der Waals surface area contributed by atoms with E-state index in [0.717, 1.165) is 12.1 Å². The Morgan fingerprint density at radius 1 is 1.03 bits per heavy atom. The Morgan fingerprint density at radius 3 is 2.42 bits per heavy atom. The van der Waals surface area contributed by atoms with Crippen LogP contribution in [0, 0.1) is 6.92 Å². The molecule has 4 rings (SSSR count). The summed E-state index contributed by atoms with van der Waals surface area (Å²) in [6.45, 7) is 1.85. The van der Waals surface area contributed by atoms with Gasteiger partial charge in [-0.1, -0.05) is 0 Å². The molecule has 2 aromatic heterocycles. The standard InChI is InChI=1S/C20H19F3N6O2/c1-10-27-28-19-26-18(14-7-16(30-2)17(31-3)8-15(14)29(10)19)25-9-11-4-12(20(21,22)23)6-13(24)5-11/h4-8H,9,24H2,1-3H3,(H,25,26,28). The zero-order chi connectivity index (χ0) is 22.3. The molecule has 0 bridgehead atoms. The average molecular weight is 432 g/mol. The lowest BCUT2D eigenvalue weighted by atomic mass is 10.1. The molecule has 2 heterocycles. The number of halogens is 3. The minimum absolute atomic E-state index is 0.0272. The van der Waals surface area contributed by atoms with Crippen molar-refractivity contribution in [3.8, 4) is 11.5 Å². The molecule has 2 aromatic carbocycles. The van der Waals surface area contributed by atoms with Crippen molar-refractivity contribution in [3.05, 3.63) is 47.3 Å². The molecule has 0 amide bonds. The summed E-state index contributed by atoms with van der Waals surface area (Å²) in [4.78, 5) is 4.49. The molecule has 0 aliphatic rings. The van der Waals surface area contributed by atoms with E-state index < -0.39 is 11.7 Å². The summed E-state index contributed by atoms with van der Waals surface area (Å²) in [7, 11) is 3.04. The Kier molecular flexibility index (Phi) is 4.96. The molecule has 11 heteroatoms. The number of anilines is 2. The zero-order valence-electron chi connectivity index (χ0n) is 16.9. The highest BCUT2D eigenvalue weighted by Gasteiger charge is 2.31. The van der Waals surface area contributed by atoms with Gasteiger partial charge in [0, 0.05) is 23.7 Å². The van der Waals surface area contributed by atoms with E-state index >= 15 is 0 Å². The number of benzene rings is 2. The number of nitrogen functional groups attached to an aromatic ring is 1. The molecular formula is C20H19F3N6O2. The number of nitrogens with zero attached hydrogens (tertiary/aromatic N) is 4. The number of hydrogen-bond acceptors (Lipinski definition) is 7. The predicted octanol–water partition coefficient (Wildman–Crippen LogP) is 3.82. The maximum atomic E-state index is 13.1. The Hall–Kier alpha value is -3.76. The number of alkyl halides is 3. The normalized spacial score (nSPS) is 11.8. The van der Waals surface area contributed by atoms with Gasteiger partial charge in [-0.25, -0.2) is 0 Å². The van der Waals surface area contributed by atoms with Crippen LogP contribution in [-0.4, -0.2) is 33.8 Å². The van der Waals surface area contributed by atoms with E-state index in [4.69, 9.17) is 15.2 Å². The minimum atomic E-state index is -4.49. The van der Waals surface area contributed by atoms with Crippen LogP contribution in [-0.2, 0) is 12.7 Å². The van der Waals surface area contributed by atoms with Crippen LogP contribution in [0.5, 0.6) is 11.5 Å². The summed E-state index contributed by atoms with van der Waals surface area (Å²) in [5.74, 6) is 2.35. The van der Waals surface area contributed by atoms with E-state index in [2.05, 4.69) is 20.5 Å². The summed E-state index contributed by atoms with van der Waals surface area (Å²) >= 11 is 0. The van der Waals surface area contributed by atoms with Crippen LogP contribution in [0.4, 0.5) is 24.7 Å². The first kappa shape index (κ1) is 20.5. The maximum absolute atomic E-state index is 13.1. The highest BCUT2D eigenvalue weighted by Crippen LogP contribution is 2.36. The highest BCUT2D eigenvalue weighted by atomic mass is 19.4. The number of aromatic nitrogens is 4. The van der Waals surface area contributed by atoms with Crippen LogP contribution in [0.3, 0.4) is 0 Å². The van der Waals surface area contributed by atoms with Gasteiger partial charge < -0.3 is 20.5 Å². The molecule has 0 radical (unpaired) electrons. The maximum Gasteiger partial charge on any atom is 0.416 e. The average Bonchev–Trinajstić information content (AvgIpc) is 3.10. The van der Waals surface area contributed by atoms with Crippen LogP contribution in [0.15, 0.2) is 30.3 Å². The second-order valence-corrected chi connectivity index (χ2v) is 6.88. The summed E-state index contributed by atoms with van der Waals surface area (Å²) in [5, 5.41) is 11.9. The molecule has 0 unspecified atom stereocenters. The topological polar surface area (TPSA) is 99.6 Å². The number of rotatable bonds is 5. The summed E-state index contributed by atoms with van der Waals surface area (Å²) in [6.07, 6.45) is -4.49. The summed E-state index contributed by atoms with van der Waals surface area (Å²) in [5.41, 5.74) is 5.95. The van der Waals surface area contributed by atoms with Crippen molar-refractivity contribution in [2.75, 3.05) is 25.3 Å². The molecule has 3 N–H and O–H groups in total. The number of aryl methyl sites for hydroxylation is 1. The van der Waals surface area contributed by atoms with E-state index in [0.29, 0.717) is 45.4 Å². The number of fused-ring (bicyclic) bond motifs is 3. The number of hydrogen-bond donors (Lipinski definition) is 2. The predicted molar refractivity (Wildman–Crippen MR) is 109 cm³/mol. The lowest BCUT2D eigenvalue weighted by molar-refractivity contribution is -0.137. The van der Waals surface area contributed by atoms with Gasteiger partial charge in [-0.2, -0.15) is 18.2 Å². The number of ether oxygens (including phenoxy) is 2. The largest absolute Gasteiger partial charge is 0.493 e. The fourth-order valence-corrected chi connectivity index (χ4v) is 3.41. The fraction of sp³-hybridized carbons (Fsp3) is 0.250. The molecule has 0 aliphatic heterocycles. The first-order valence-electron chi connectivity index (χ1n) is 9.19. The SMILES string of the molecule is COc1cc2c(NCc3cc(N)cc(C(F)(F)F)c3)nc3nnc(C)n3c2cc1OC. The molecule has 31 heavy (non-hydrogen) atoms. The van der Waals surface area contributed by atoms with Gasteiger partial charge in [-0.05, 0) is 36.8 Å². The Balaban J connectivity index is 1.81. The Morgan fingerprint density at radius 2 is 1.74 bits per heavy atom. The molecule has 0 saturated carbocycles. The van der Waals surface area contributed by atoms with E-state index in [1.54, 1.807) is 23.5 Å². The van der Waals surface area contributed by atoms with E-state index in [9.17, 15) is 13.2 Å². The smallest absolute Gasteiger partial charge is 0.416 e. The third kappa shape index (κ3) is 3.74. The lowest BCUT2D eigenvalue weighted by Crippen LogP contribution is -2.09. The first-order chi connectivity index (χ1) is 14.7. The third-order valence-electron chi connectivity index (χ3n) is 4.82. The number of nitrogens with two attached hydrogens (primary N) is 1. The van der Waals surface area contributed by atoms with Crippen molar-refractivity contribution in [3.63, 3.8) is 0 Å². The quantitative estimate of drug-likeness (QED) is 0.463. The van der Waals surface area contributed by atoms with Gasteiger partial charge in [0.2, 0.25) is 0 Å². The summed E-state index contributed by atoms with van der Waals surface area (Å²) < 4.78 is 51.9. The molecule has 162 valence electrons. The fourth-order valence-electron chi connectivity index (χ4n) is 3.41. The second-order valence-electron chi connectivity index (χ2n) is 6.88. The second kappa shape index (κ2) is 7.49. The minimum Gasteiger partial charge on any atom is -0.493 e. The molecule has 4 aromatic rings. The zero-order valence-corrected chi connectivity index (χ0v) is 16.9. The van der Waals surface area contributed by atoms with Gasteiger partial charge >= 0.3 is 6.18 Å². The van der Waals surface area contributed by atoms with Crippen LogP contribution in [0.1, 0.15) is 17.0 Å². The molecule has 0 fully saturated rings.